The number of halogens is 1. The van der Waals surface area contributed by atoms with Crippen LogP contribution in [0, 0.1) is 5.92 Å². The zero-order chi connectivity index (χ0) is 23.1. The predicted octanol–water partition coefficient (Wildman–Crippen LogP) is 7.02. The second-order valence-corrected chi connectivity index (χ2v) is 11.3. The first-order chi connectivity index (χ1) is 16.7. The number of thioether (sulfide) groups is 1. The lowest BCUT2D eigenvalue weighted by molar-refractivity contribution is 0.508. The highest BCUT2D eigenvalue weighted by Crippen LogP contribution is 2.40. The highest BCUT2D eigenvalue weighted by Gasteiger charge is 2.25. The van der Waals surface area contributed by atoms with Crippen molar-refractivity contribution in [2.75, 3.05) is 5.32 Å². The zero-order valence-electron chi connectivity index (χ0n) is 18.8. The molecule has 0 radical (unpaired) electrons. The topological polar surface area (TPSA) is 55.1 Å². The van der Waals surface area contributed by atoms with Crippen molar-refractivity contribution >= 4 is 56.5 Å². The van der Waals surface area contributed by atoms with Gasteiger partial charge >= 0.3 is 0 Å². The van der Waals surface area contributed by atoms with E-state index in [0.717, 1.165) is 45.2 Å². The maximum Gasteiger partial charge on any atom is 0.212 e. The van der Waals surface area contributed by atoms with Crippen molar-refractivity contribution < 1.29 is 0 Å². The summed E-state index contributed by atoms with van der Waals surface area (Å²) in [4.78, 5) is 7.63. The molecule has 0 bridgehead atoms. The Labute approximate surface area is 211 Å². The number of benzene rings is 2. The fraction of sp³-hybridized carbons (Fsp3) is 0.269. The molecule has 0 unspecified atom stereocenters. The average molecular weight is 506 g/mol. The fourth-order valence-corrected chi connectivity index (χ4v) is 6.76. The van der Waals surface area contributed by atoms with Crippen LogP contribution in [0.5, 0.6) is 0 Å². The summed E-state index contributed by atoms with van der Waals surface area (Å²) in [6.07, 6.45) is 3.45. The molecule has 6 rings (SSSR count). The van der Waals surface area contributed by atoms with Gasteiger partial charge in [0.1, 0.15) is 4.83 Å². The molecule has 1 aliphatic carbocycles. The third kappa shape index (κ3) is 4.17. The van der Waals surface area contributed by atoms with E-state index in [9.17, 15) is 0 Å². The van der Waals surface area contributed by atoms with Crippen LogP contribution in [0.2, 0.25) is 5.02 Å². The maximum atomic E-state index is 6.06. The van der Waals surface area contributed by atoms with E-state index in [0.29, 0.717) is 12.5 Å². The second-order valence-electron chi connectivity index (χ2n) is 8.86. The molecule has 3 aromatic heterocycles. The van der Waals surface area contributed by atoms with E-state index in [4.69, 9.17) is 21.7 Å². The minimum absolute atomic E-state index is 0.683. The first-order valence-electron chi connectivity index (χ1n) is 11.5. The van der Waals surface area contributed by atoms with Gasteiger partial charge in [0.15, 0.2) is 10.8 Å². The number of hydrogen-bond donors (Lipinski definition) is 1. The summed E-state index contributed by atoms with van der Waals surface area (Å²) < 4.78 is 2.11. The summed E-state index contributed by atoms with van der Waals surface area (Å²) in [6, 6.07) is 18.4. The van der Waals surface area contributed by atoms with E-state index in [2.05, 4.69) is 58.1 Å². The molecule has 0 aliphatic heterocycles. The number of nitrogens with zero attached hydrogens (tertiary/aromatic N) is 4. The summed E-state index contributed by atoms with van der Waals surface area (Å²) in [5, 5.41) is 15.6. The summed E-state index contributed by atoms with van der Waals surface area (Å²) in [7, 11) is 0. The molecular formula is C26H24ClN5S2. The first-order valence-corrected chi connectivity index (χ1v) is 13.7. The fourth-order valence-electron chi connectivity index (χ4n) is 4.54. The number of rotatable bonds is 6. The summed E-state index contributed by atoms with van der Waals surface area (Å²) in [5.74, 6) is 2.26. The van der Waals surface area contributed by atoms with Gasteiger partial charge in [0, 0.05) is 22.2 Å². The number of anilines is 1. The third-order valence-corrected chi connectivity index (χ3v) is 8.78. The van der Waals surface area contributed by atoms with Gasteiger partial charge in [-0.15, -0.1) is 21.5 Å². The molecule has 5 aromatic rings. The number of fused-ring (bicyclic) bond motifs is 5. The largest absolute Gasteiger partial charge is 0.351 e. The van der Waals surface area contributed by atoms with Gasteiger partial charge in [0.05, 0.1) is 5.39 Å². The molecular weight excluding hydrogens is 482 g/mol. The first kappa shape index (κ1) is 21.9. The van der Waals surface area contributed by atoms with Gasteiger partial charge in [-0.2, -0.15) is 0 Å². The molecule has 5 nitrogen and oxygen atoms in total. The van der Waals surface area contributed by atoms with Gasteiger partial charge in [-0.1, -0.05) is 72.8 Å². The Bertz CT molecular complexity index is 1460. The molecule has 0 spiro atoms. The van der Waals surface area contributed by atoms with E-state index in [1.165, 1.54) is 33.4 Å². The van der Waals surface area contributed by atoms with Crippen molar-refractivity contribution in [3.8, 4) is 0 Å². The minimum atomic E-state index is 0.683. The quantitative estimate of drug-likeness (QED) is 0.251. The van der Waals surface area contributed by atoms with Crippen molar-refractivity contribution in [1.82, 2.24) is 19.6 Å². The molecule has 172 valence electrons. The molecule has 1 N–H and O–H groups in total. The summed E-state index contributed by atoms with van der Waals surface area (Å²) in [5.41, 5.74) is 4.74. The molecule has 8 heteroatoms. The molecule has 0 fully saturated rings. The lowest BCUT2D eigenvalue weighted by Gasteiger charge is -2.18. The Morgan fingerprint density at radius 2 is 1.91 bits per heavy atom. The Morgan fingerprint density at radius 3 is 2.74 bits per heavy atom. The van der Waals surface area contributed by atoms with E-state index in [-0.39, 0.29) is 0 Å². The Kier molecular flexibility index (Phi) is 5.93. The number of hydrogen-bond acceptors (Lipinski definition) is 6. The number of nitrogens with one attached hydrogen (secondary N) is 1. The predicted molar refractivity (Wildman–Crippen MR) is 142 cm³/mol. The van der Waals surface area contributed by atoms with E-state index >= 15 is 0 Å². The molecule has 3 heterocycles. The Balaban J connectivity index is 1.43. The lowest BCUT2D eigenvalue weighted by Crippen LogP contribution is -2.10. The second kappa shape index (κ2) is 9.21. The lowest BCUT2D eigenvalue weighted by atomic mass is 9.89. The molecule has 0 amide bonds. The van der Waals surface area contributed by atoms with Gasteiger partial charge < -0.3 is 5.32 Å². The third-order valence-electron chi connectivity index (χ3n) is 6.34. The minimum Gasteiger partial charge on any atom is -0.351 e. The SMILES string of the molecule is C[C@@H]1CCc2sc3nc(NCc4ccccc4)n4c(SCc5ccc(Cl)cc5)nnc4c3c2C1. The van der Waals surface area contributed by atoms with Gasteiger partial charge in [0.25, 0.3) is 0 Å². The number of aromatic nitrogens is 4. The van der Waals surface area contributed by atoms with E-state index in [1.807, 2.05) is 29.5 Å². The van der Waals surface area contributed by atoms with Crippen LogP contribution in [0.1, 0.15) is 34.9 Å². The van der Waals surface area contributed by atoms with Crippen LogP contribution in [-0.4, -0.2) is 19.6 Å². The Morgan fingerprint density at radius 1 is 1.09 bits per heavy atom. The highest BCUT2D eigenvalue weighted by molar-refractivity contribution is 7.98. The molecule has 1 atom stereocenters. The normalized spacial score (nSPS) is 15.6. The molecule has 0 saturated heterocycles. The summed E-state index contributed by atoms with van der Waals surface area (Å²) in [6.45, 7) is 3.03. The van der Waals surface area contributed by atoms with Gasteiger partial charge in [-0.05, 0) is 54.0 Å². The zero-order valence-corrected chi connectivity index (χ0v) is 21.2. The smallest absolute Gasteiger partial charge is 0.212 e. The molecule has 34 heavy (non-hydrogen) atoms. The van der Waals surface area contributed by atoms with Crippen molar-refractivity contribution in [1.29, 1.82) is 0 Å². The van der Waals surface area contributed by atoms with Crippen LogP contribution >= 0.6 is 34.7 Å². The standard InChI is InChI=1S/C26H24ClN5S2/c1-16-7-12-21-20(13-16)22-23-30-31-26(33-15-18-8-10-19(27)11-9-18)32(23)25(29-24(22)34-21)28-14-17-5-3-2-4-6-17/h2-6,8-11,16H,7,12-15H2,1H3,(H,28,29)/t16-/m1/s1. The van der Waals surface area contributed by atoms with Gasteiger partial charge in [-0.3, -0.25) is 0 Å². The van der Waals surface area contributed by atoms with E-state index in [1.54, 1.807) is 11.8 Å². The van der Waals surface area contributed by atoms with Crippen molar-refractivity contribution in [3.63, 3.8) is 0 Å². The maximum absolute atomic E-state index is 6.06. The summed E-state index contributed by atoms with van der Waals surface area (Å²) >= 11 is 9.55. The van der Waals surface area contributed by atoms with Crippen LogP contribution in [-0.2, 0) is 25.1 Å². The molecule has 2 aromatic carbocycles. The molecule has 1 aliphatic rings. The average Bonchev–Trinajstić information content (AvgIpc) is 3.44. The van der Waals surface area contributed by atoms with Crippen LogP contribution in [0.3, 0.4) is 0 Å². The van der Waals surface area contributed by atoms with Crippen molar-refractivity contribution in [2.24, 2.45) is 5.92 Å². The van der Waals surface area contributed by atoms with Crippen LogP contribution in [0.15, 0.2) is 59.8 Å². The monoisotopic (exact) mass is 505 g/mol. The van der Waals surface area contributed by atoms with Crippen LogP contribution < -0.4 is 5.32 Å². The number of thiophene rings is 1. The number of aryl methyl sites for hydroxylation is 1. The van der Waals surface area contributed by atoms with Crippen molar-refractivity contribution in [3.05, 3.63) is 81.2 Å². The molecule has 0 saturated carbocycles. The highest BCUT2D eigenvalue weighted by atomic mass is 35.5. The van der Waals surface area contributed by atoms with Crippen molar-refractivity contribution in [2.45, 2.75) is 43.6 Å². The van der Waals surface area contributed by atoms with E-state index < -0.39 is 0 Å². The Hall–Kier alpha value is -2.61. The van der Waals surface area contributed by atoms with Gasteiger partial charge in [-0.25, -0.2) is 9.38 Å². The van der Waals surface area contributed by atoms with Crippen LogP contribution in [0.4, 0.5) is 5.95 Å². The van der Waals surface area contributed by atoms with Crippen LogP contribution in [0.25, 0.3) is 15.9 Å². The van der Waals surface area contributed by atoms with Gasteiger partial charge in [0.2, 0.25) is 5.95 Å².